The van der Waals surface area contributed by atoms with Crippen molar-refractivity contribution in [2.45, 2.75) is 6.42 Å². The molecule has 0 aliphatic heterocycles. The highest BCUT2D eigenvalue weighted by molar-refractivity contribution is 5.80. The lowest BCUT2D eigenvalue weighted by Crippen LogP contribution is -2.34. The fourth-order valence-corrected chi connectivity index (χ4v) is 1.94. The summed E-state index contributed by atoms with van der Waals surface area (Å²) < 4.78 is 26.9. The highest BCUT2D eigenvalue weighted by Crippen LogP contribution is 2.17. The number of rotatable bonds is 6. The molecule has 0 atom stereocenters. The lowest BCUT2D eigenvalue weighted by atomic mass is 10.2. The number of anilines is 1. The first-order valence-electron chi connectivity index (χ1n) is 6.88. The molecule has 1 amide bonds. The van der Waals surface area contributed by atoms with Gasteiger partial charge in [0.1, 0.15) is 17.3 Å². The van der Waals surface area contributed by atoms with Gasteiger partial charge in [-0.2, -0.15) is 0 Å². The SMILES string of the molecule is CN(CCc1ccncc1)C(=O)CNc1c(F)cccc1F. The molecule has 0 saturated heterocycles. The molecule has 1 aromatic carbocycles. The van der Waals surface area contributed by atoms with Gasteiger partial charge in [-0.15, -0.1) is 0 Å². The second-order valence-electron chi connectivity index (χ2n) is 4.87. The largest absolute Gasteiger partial charge is 0.371 e. The molecular formula is C16H17F2N3O. The zero-order chi connectivity index (χ0) is 15.9. The summed E-state index contributed by atoms with van der Waals surface area (Å²) >= 11 is 0. The van der Waals surface area contributed by atoms with Gasteiger partial charge in [-0.05, 0) is 36.2 Å². The lowest BCUT2D eigenvalue weighted by molar-refractivity contribution is -0.127. The Balaban J connectivity index is 1.84. The Morgan fingerprint density at radius 1 is 1.18 bits per heavy atom. The van der Waals surface area contributed by atoms with E-state index in [0.717, 1.165) is 17.7 Å². The number of nitrogens with one attached hydrogen (secondary N) is 1. The maximum atomic E-state index is 13.4. The summed E-state index contributed by atoms with van der Waals surface area (Å²) in [4.78, 5) is 17.4. The second kappa shape index (κ2) is 7.49. The number of amides is 1. The third-order valence-corrected chi connectivity index (χ3v) is 3.29. The molecule has 1 aromatic heterocycles. The van der Waals surface area contributed by atoms with Gasteiger partial charge >= 0.3 is 0 Å². The van der Waals surface area contributed by atoms with Crippen molar-refractivity contribution in [2.24, 2.45) is 0 Å². The van der Waals surface area contributed by atoms with Crippen LogP contribution in [0.3, 0.4) is 0 Å². The van der Waals surface area contributed by atoms with Crippen LogP contribution in [0, 0.1) is 11.6 Å². The van der Waals surface area contributed by atoms with Gasteiger partial charge in [0.25, 0.3) is 0 Å². The maximum Gasteiger partial charge on any atom is 0.241 e. The number of aromatic nitrogens is 1. The Morgan fingerprint density at radius 2 is 1.82 bits per heavy atom. The van der Waals surface area contributed by atoms with Crippen molar-refractivity contribution in [3.8, 4) is 0 Å². The van der Waals surface area contributed by atoms with Gasteiger partial charge in [-0.25, -0.2) is 8.78 Å². The molecule has 0 unspecified atom stereocenters. The van der Waals surface area contributed by atoms with Gasteiger partial charge < -0.3 is 10.2 Å². The summed E-state index contributed by atoms with van der Waals surface area (Å²) in [5, 5.41) is 2.51. The third-order valence-electron chi connectivity index (χ3n) is 3.29. The van der Waals surface area contributed by atoms with Crippen LogP contribution < -0.4 is 5.32 Å². The zero-order valence-electron chi connectivity index (χ0n) is 12.2. The Hall–Kier alpha value is -2.50. The first kappa shape index (κ1) is 15.9. The van der Waals surface area contributed by atoms with Crippen molar-refractivity contribution in [3.63, 3.8) is 0 Å². The van der Waals surface area contributed by atoms with Gasteiger partial charge in [0, 0.05) is 26.0 Å². The summed E-state index contributed by atoms with van der Waals surface area (Å²) in [6.45, 7) is 0.356. The Labute approximate surface area is 127 Å². The number of nitrogens with zero attached hydrogens (tertiary/aromatic N) is 2. The topological polar surface area (TPSA) is 45.2 Å². The minimum Gasteiger partial charge on any atom is -0.371 e. The summed E-state index contributed by atoms with van der Waals surface area (Å²) in [6.07, 6.45) is 4.08. The fraction of sp³-hybridized carbons (Fsp3) is 0.250. The number of carbonyl (C=O) groups is 1. The van der Waals surface area contributed by atoms with Crippen LogP contribution >= 0.6 is 0 Å². The molecule has 0 aliphatic rings. The van der Waals surface area contributed by atoms with Crippen LogP contribution in [0.2, 0.25) is 0 Å². The third kappa shape index (κ3) is 4.25. The predicted molar refractivity (Wildman–Crippen MR) is 80.4 cm³/mol. The van der Waals surface area contributed by atoms with E-state index in [1.165, 1.54) is 11.0 Å². The van der Waals surface area contributed by atoms with E-state index < -0.39 is 11.6 Å². The first-order valence-corrected chi connectivity index (χ1v) is 6.88. The number of para-hydroxylation sites is 1. The quantitative estimate of drug-likeness (QED) is 0.892. The molecule has 116 valence electrons. The summed E-state index contributed by atoms with van der Waals surface area (Å²) in [7, 11) is 1.66. The molecule has 2 aromatic rings. The lowest BCUT2D eigenvalue weighted by Gasteiger charge is -2.18. The van der Waals surface area contributed by atoms with E-state index in [9.17, 15) is 13.6 Å². The van der Waals surface area contributed by atoms with Gasteiger partial charge in [0.15, 0.2) is 0 Å². The van der Waals surface area contributed by atoms with E-state index in [4.69, 9.17) is 0 Å². The molecule has 0 saturated carbocycles. The predicted octanol–water partition coefficient (Wildman–Crippen LogP) is 2.47. The molecule has 1 heterocycles. The number of likely N-dealkylation sites (N-methyl/N-ethyl adjacent to an activating group) is 1. The zero-order valence-corrected chi connectivity index (χ0v) is 12.2. The molecule has 2 rings (SSSR count). The van der Waals surface area contributed by atoms with E-state index in [-0.39, 0.29) is 18.1 Å². The average molecular weight is 305 g/mol. The van der Waals surface area contributed by atoms with Crippen LogP contribution in [0.25, 0.3) is 0 Å². The first-order chi connectivity index (χ1) is 10.6. The van der Waals surface area contributed by atoms with Crippen molar-refractivity contribution < 1.29 is 13.6 Å². The molecule has 22 heavy (non-hydrogen) atoms. The van der Waals surface area contributed by atoms with Crippen LogP contribution in [-0.4, -0.2) is 35.9 Å². The molecular weight excluding hydrogens is 288 g/mol. The van der Waals surface area contributed by atoms with E-state index in [2.05, 4.69) is 10.3 Å². The van der Waals surface area contributed by atoms with Crippen molar-refractivity contribution in [3.05, 3.63) is 59.9 Å². The number of halogens is 2. The standard InChI is InChI=1S/C16H17F2N3O/c1-21(10-7-12-5-8-19-9-6-12)15(22)11-20-16-13(17)3-2-4-14(16)18/h2-6,8-9,20H,7,10-11H2,1H3. The second-order valence-corrected chi connectivity index (χ2v) is 4.87. The summed E-state index contributed by atoms with van der Waals surface area (Å²) in [5.74, 6) is -1.67. The maximum absolute atomic E-state index is 13.4. The monoisotopic (exact) mass is 305 g/mol. The van der Waals surface area contributed by atoms with E-state index in [1.54, 1.807) is 19.4 Å². The van der Waals surface area contributed by atoms with Gasteiger partial charge in [0.2, 0.25) is 5.91 Å². The van der Waals surface area contributed by atoms with Crippen LogP contribution in [0.5, 0.6) is 0 Å². The molecule has 1 N–H and O–H groups in total. The van der Waals surface area contributed by atoms with Crippen molar-refractivity contribution in [1.29, 1.82) is 0 Å². The number of carbonyl (C=O) groups excluding carboxylic acids is 1. The van der Waals surface area contributed by atoms with Gasteiger partial charge in [-0.3, -0.25) is 9.78 Å². The minimum atomic E-state index is -0.716. The highest BCUT2D eigenvalue weighted by atomic mass is 19.1. The van der Waals surface area contributed by atoms with Gasteiger partial charge in [0.05, 0.1) is 6.54 Å². The molecule has 0 radical (unpaired) electrons. The van der Waals surface area contributed by atoms with E-state index >= 15 is 0 Å². The Morgan fingerprint density at radius 3 is 2.45 bits per heavy atom. The van der Waals surface area contributed by atoms with Crippen LogP contribution in [0.1, 0.15) is 5.56 Å². The normalized spacial score (nSPS) is 10.3. The molecule has 0 aliphatic carbocycles. The average Bonchev–Trinajstić information content (AvgIpc) is 2.53. The smallest absolute Gasteiger partial charge is 0.241 e. The minimum absolute atomic E-state index is 0.162. The summed E-state index contributed by atoms with van der Waals surface area (Å²) in [6, 6.07) is 7.32. The number of hydrogen-bond acceptors (Lipinski definition) is 3. The van der Waals surface area contributed by atoms with Crippen molar-refractivity contribution >= 4 is 11.6 Å². The Bertz CT molecular complexity index is 614. The number of benzene rings is 1. The van der Waals surface area contributed by atoms with E-state index in [1.807, 2.05) is 12.1 Å². The summed E-state index contributed by atoms with van der Waals surface area (Å²) in [5.41, 5.74) is 0.793. The highest BCUT2D eigenvalue weighted by Gasteiger charge is 2.12. The van der Waals surface area contributed by atoms with Crippen molar-refractivity contribution in [2.75, 3.05) is 25.5 Å². The molecule has 0 fully saturated rings. The van der Waals surface area contributed by atoms with Crippen LogP contribution in [0.4, 0.5) is 14.5 Å². The Kier molecular flexibility index (Phi) is 5.41. The van der Waals surface area contributed by atoms with Gasteiger partial charge in [-0.1, -0.05) is 6.07 Å². The molecule has 4 nitrogen and oxygen atoms in total. The molecule has 0 spiro atoms. The van der Waals surface area contributed by atoms with Crippen LogP contribution in [0.15, 0.2) is 42.7 Å². The van der Waals surface area contributed by atoms with E-state index in [0.29, 0.717) is 13.0 Å². The molecule has 0 bridgehead atoms. The van der Waals surface area contributed by atoms with Crippen LogP contribution in [-0.2, 0) is 11.2 Å². The fourth-order valence-electron chi connectivity index (χ4n) is 1.94. The number of pyridine rings is 1. The number of hydrogen-bond donors (Lipinski definition) is 1. The molecule has 6 heteroatoms. The van der Waals surface area contributed by atoms with Crippen molar-refractivity contribution in [1.82, 2.24) is 9.88 Å².